The van der Waals surface area contributed by atoms with Gasteiger partial charge in [0.1, 0.15) is 5.78 Å². The highest BCUT2D eigenvalue weighted by Crippen LogP contribution is 2.37. The zero-order valence-corrected chi connectivity index (χ0v) is 16.1. The molecule has 0 aliphatic heterocycles. The minimum Gasteiger partial charge on any atom is -0.481 e. The van der Waals surface area contributed by atoms with Gasteiger partial charge < -0.3 is 10.2 Å². The number of aliphatic hydroxyl groups is 1. The molecule has 0 bridgehead atoms. The van der Waals surface area contributed by atoms with E-state index in [1.54, 1.807) is 6.92 Å². The van der Waals surface area contributed by atoms with Gasteiger partial charge in [-0.1, -0.05) is 32.6 Å². The molecule has 0 aromatic rings. The van der Waals surface area contributed by atoms with Crippen molar-refractivity contribution in [1.82, 2.24) is 0 Å². The van der Waals surface area contributed by atoms with Crippen LogP contribution in [0.15, 0.2) is 0 Å². The molecule has 0 heterocycles. The number of alkyl halides is 2. The summed E-state index contributed by atoms with van der Waals surface area (Å²) in [6, 6.07) is 0. The fraction of sp³-hybridized carbons (Fsp3) is 0.850. The summed E-state index contributed by atoms with van der Waals surface area (Å²) in [6.45, 7) is 1.79. The third-order valence-electron chi connectivity index (χ3n) is 5.45. The third kappa shape index (κ3) is 8.03. The lowest BCUT2D eigenvalue weighted by molar-refractivity contribution is -0.144. The molecule has 0 spiro atoms. The molecule has 1 unspecified atom stereocenters. The predicted octanol–water partition coefficient (Wildman–Crippen LogP) is 4.15. The summed E-state index contributed by atoms with van der Waals surface area (Å²) < 4.78 is 27.6. The minimum atomic E-state index is -3.33. The summed E-state index contributed by atoms with van der Waals surface area (Å²) in [7, 11) is 0. The highest BCUT2D eigenvalue weighted by atomic mass is 19.3. The van der Waals surface area contributed by atoms with E-state index in [1.807, 2.05) is 0 Å². The van der Waals surface area contributed by atoms with Crippen LogP contribution in [0.4, 0.5) is 8.78 Å². The average molecular weight is 390 g/mol. The Morgan fingerprint density at radius 3 is 2.37 bits per heavy atom. The fourth-order valence-electron chi connectivity index (χ4n) is 3.80. The molecular weight excluding hydrogens is 358 g/mol. The molecule has 0 saturated heterocycles. The van der Waals surface area contributed by atoms with E-state index in [0.29, 0.717) is 19.3 Å². The normalized spacial score (nSPS) is 23.0. The van der Waals surface area contributed by atoms with Crippen LogP contribution >= 0.6 is 0 Å². The third-order valence-corrected chi connectivity index (χ3v) is 5.45. The van der Waals surface area contributed by atoms with Crippen molar-refractivity contribution in [2.45, 2.75) is 96.0 Å². The van der Waals surface area contributed by atoms with E-state index in [-0.39, 0.29) is 37.9 Å². The molecule has 0 aromatic carbocycles. The number of ketones is 2. The number of Topliss-reactive ketones (excluding diaryl/α,β-unsaturated/α-hetero) is 2. The number of carboxylic acids is 1. The average Bonchev–Trinajstić information content (AvgIpc) is 2.86. The quantitative estimate of drug-likeness (QED) is 0.435. The molecule has 7 heteroatoms. The first-order chi connectivity index (χ1) is 12.7. The Morgan fingerprint density at radius 1 is 1.07 bits per heavy atom. The monoisotopic (exact) mass is 390 g/mol. The summed E-state index contributed by atoms with van der Waals surface area (Å²) >= 11 is 0. The molecule has 3 atom stereocenters. The zero-order valence-electron chi connectivity index (χ0n) is 16.1. The van der Waals surface area contributed by atoms with Gasteiger partial charge in [0.2, 0.25) is 5.78 Å². The molecule has 0 amide bonds. The molecule has 5 nitrogen and oxygen atoms in total. The first kappa shape index (κ1) is 23.7. The number of rotatable bonds is 14. The van der Waals surface area contributed by atoms with E-state index in [4.69, 9.17) is 5.11 Å². The lowest BCUT2D eigenvalue weighted by atomic mass is 9.85. The van der Waals surface area contributed by atoms with E-state index in [2.05, 4.69) is 0 Å². The second-order valence-corrected chi connectivity index (χ2v) is 7.62. The second kappa shape index (κ2) is 11.5. The Kier molecular flexibility index (Phi) is 10.1. The number of carboxylic acid groups (broad SMARTS) is 1. The number of halogens is 2. The van der Waals surface area contributed by atoms with Gasteiger partial charge in [0.05, 0.1) is 6.10 Å². The van der Waals surface area contributed by atoms with Gasteiger partial charge in [-0.25, -0.2) is 0 Å². The van der Waals surface area contributed by atoms with Crippen LogP contribution in [0.5, 0.6) is 0 Å². The van der Waals surface area contributed by atoms with Crippen LogP contribution in [0.25, 0.3) is 0 Å². The number of aliphatic hydroxyl groups excluding tert-OH is 1. The number of unbranched alkanes of at least 4 members (excludes halogenated alkanes) is 4. The lowest BCUT2D eigenvalue weighted by Gasteiger charge is -2.22. The Labute approximate surface area is 159 Å². The Balaban J connectivity index is 2.45. The van der Waals surface area contributed by atoms with Crippen molar-refractivity contribution in [3.63, 3.8) is 0 Å². The SMILES string of the molecule is CCCCC(F)(F)C(=O)CC[C@@H]1C(CCCCCCC(=O)O)C(=O)C[C@H]1O. The molecule has 27 heavy (non-hydrogen) atoms. The molecule has 1 rings (SSSR count). The van der Waals surface area contributed by atoms with Crippen LogP contribution in [0, 0.1) is 11.8 Å². The highest BCUT2D eigenvalue weighted by molar-refractivity contribution is 5.86. The van der Waals surface area contributed by atoms with Crippen LogP contribution in [-0.4, -0.2) is 39.8 Å². The maximum absolute atomic E-state index is 13.8. The van der Waals surface area contributed by atoms with Gasteiger partial charge in [-0.15, -0.1) is 0 Å². The zero-order chi connectivity index (χ0) is 20.4. The van der Waals surface area contributed by atoms with Crippen LogP contribution in [0.1, 0.15) is 84.0 Å². The standard InChI is InChI=1S/C20H32F2O5/c1-2-3-12-20(21,22)18(25)11-10-15-14(16(23)13-17(15)24)8-6-4-5-7-9-19(26)27/h14-15,17,24H,2-13H2,1H3,(H,26,27)/t14?,15-,17-/m1/s1. The van der Waals surface area contributed by atoms with E-state index in [1.165, 1.54) is 0 Å². The van der Waals surface area contributed by atoms with Crippen molar-refractivity contribution in [1.29, 1.82) is 0 Å². The van der Waals surface area contributed by atoms with Crippen LogP contribution in [-0.2, 0) is 14.4 Å². The predicted molar refractivity (Wildman–Crippen MR) is 96.7 cm³/mol. The van der Waals surface area contributed by atoms with E-state index in [9.17, 15) is 28.3 Å². The van der Waals surface area contributed by atoms with Crippen LogP contribution in [0.2, 0.25) is 0 Å². The van der Waals surface area contributed by atoms with Crippen molar-refractivity contribution >= 4 is 17.5 Å². The highest BCUT2D eigenvalue weighted by Gasteiger charge is 2.43. The van der Waals surface area contributed by atoms with Crippen LogP contribution < -0.4 is 0 Å². The molecular formula is C20H32F2O5. The lowest BCUT2D eigenvalue weighted by Crippen LogP contribution is -2.30. The van der Waals surface area contributed by atoms with E-state index < -0.39 is 42.0 Å². The van der Waals surface area contributed by atoms with E-state index in [0.717, 1.165) is 19.3 Å². The Hall–Kier alpha value is -1.37. The number of hydrogen-bond acceptors (Lipinski definition) is 4. The van der Waals surface area contributed by atoms with Gasteiger partial charge >= 0.3 is 11.9 Å². The Bertz CT molecular complexity index is 507. The first-order valence-corrected chi connectivity index (χ1v) is 10.0. The summed E-state index contributed by atoms with van der Waals surface area (Å²) in [5.41, 5.74) is 0. The van der Waals surface area contributed by atoms with Gasteiger partial charge in [-0.05, 0) is 31.6 Å². The van der Waals surface area contributed by atoms with E-state index >= 15 is 0 Å². The molecule has 2 N–H and O–H groups in total. The Morgan fingerprint density at radius 2 is 1.74 bits per heavy atom. The molecule has 1 aliphatic carbocycles. The number of carbonyl (C=O) groups is 3. The fourth-order valence-corrected chi connectivity index (χ4v) is 3.80. The summed E-state index contributed by atoms with van der Waals surface area (Å²) in [4.78, 5) is 34.4. The number of hydrogen-bond donors (Lipinski definition) is 2. The van der Waals surface area contributed by atoms with Crippen molar-refractivity contribution in [2.75, 3.05) is 0 Å². The van der Waals surface area contributed by atoms with Gasteiger partial charge in [0.25, 0.3) is 0 Å². The topological polar surface area (TPSA) is 91.7 Å². The summed E-state index contributed by atoms with van der Waals surface area (Å²) in [5.74, 6) is -6.16. The smallest absolute Gasteiger partial charge is 0.305 e. The van der Waals surface area contributed by atoms with Crippen molar-refractivity contribution in [3.8, 4) is 0 Å². The molecule has 0 radical (unpaired) electrons. The molecule has 1 aliphatic rings. The summed E-state index contributed by atoms with van der Waals surface area (Å²) in [6.07, 6.45) is 2.89. The molecule has 1 fully saturated rings. The van der Waals surface area contributed by atoms with Gasteiger partial charge in [-0.3, -0.25) is 14.4 Å². The van der Waals surface area contributed by atoms with Crippen molar-refractivity contribution in [3.05, 3.63) is 0 Å². The summed E-state index contributed by atoms with van der Waals surface area (Å²) in [5, 5.41) is 18.7. The number of carbonyl (C=O) groups excluding carboxylic acids is 2. The van der Waals surface area contributed by atoms with Gasteiger partial charge in [0.15, 0.2) is 0 Å². The minimum absolute atomic E-state index is 0.0226. The van der Waals surface area contributed by atoms with Crippen molar-refractivity contribution in [2.24, 2.45) is 11.8 Å². The molecule has 156 valence electrons. The first-order valence-electron chi connectivity index (χ1n) is 10.0. The largest absolute Gasteiger partial charge is 0.481 e. The number of aliphatic carboxylic acids is 1. The van der Waals surface area contributed by atoms with Gasteiger partial charge in [0, 0.05) is 31.6 Å². The second-order valence-electron chi connectivity index (χ2n) is 7.62. The maximum atomic E-state index is 13.8. The molecule has 1 saturated carbocycles. The van der Waals surface area contributed by atoms with Crippen molar-refractivity contribution < 1.29 is 33.4 Å². The van der Waals surface area contributed by atoms with Crippen LogP contribution in [0.3, 0.4) is 0 Å². The molecule has 0 aromatic heterocycles. The van der Waals surface area contributed by atoms with Gasteiger partial charge in [-0.2, -0.15) is 8.78 Å². The maximum Gasteiger partial charge on any atom is 0.305 e.